The van der Waals surface area contributed by atoms with Crippen molar-refractivity contribution in [3.05, 3.63) is 188 Å². The lowest BCUT2D eigenvalue weighted by molar-refractivity contribution is 1.29. The average Bonchev–Trinajstić information content (AvgIpc) is 3.58. The van der Waals surface area contributed by atoms with Crippen molar-refractivity contribution >= 4 is 92.7 Å². The van der Waals surface area contributed by atoms with Crippen LogP contribution in [-0.4, -0.2) is 0 Å². The number of hydrogen-bond acceptors (Lipinski definition) is 3. The first-order valence-corrected chi connectivity index (χ1v) is 19.3. The van der Waals surface area contributed by atoms with Gasteiger partial charge in [0, 0.05) is 47.0 Å². The molecule has 0 radical (unpaired) electrons. The molecular weight excluding hydrogens is 667 g/mol. The van der Waals surface area contributed by atoms with E-state index in [0.29, 0.717) is 0 Å². The number of benzene rings is 9. The average molecular weight is 700 g/mol. The van der Waals surface area contributed by atoms with E-state index >= 15 is 0 Å². The number of rotatable bonds is 6. The van der Waals surface area contributed by atoms with Gasteiger partial charge in [-0.25, -0.2) is 0 Å². The van der Waals surface area contributed by atoms with Crippen molar-refractivity contribution in [1.29, 1.82) is 0 Å². The standard InChI is InChI=1S/C49H33NS2/c1-32-41-12-4-5-13-42(41)43-14-6-7-16-45(43)49(32)51-40-27-21-35(22-28-40)34-18-23-37(24-19-34)50(38-25-20-33-10-2-3-11-36(33)30-38)39-26-29-48-46(31-39)44-15-8-9-17-47(44)52-48/h2-31H,1H3. The minimum atomic E-state index is 1.13. The molecule has 0 amide bonds. The molecule has 10 aromatic rings. The van der Waals surface area contributed by atoms with E-state index in [1.165, 1.54) is 79.0 Å². The lowest BCUT2D eigenvalue weighted by atomic mass is 9.98. The van der Waals surface area contributed by atoms with Crippen molar-refractivity contribution in [1.82, 2.24) is 0 Å². The Morgan fingerprint density at radius 2 is 0.942 bits per heavy atom. The number of anilines is 3. The van der Waals surface area contributed by atoms with Gasteiger partial charge >= 0.3 is 0 Å². The molecule has 0 N–H and O–H groups in total. The zero-order valence-electron chi connectivity index (χ0n) is 28.6. The highest BCUT2D eigenvalue weighted by Gasteiger charge is 2.17. The highest BCUT2D eigenvalue weighted by atomic mass is 32.2. The Labute approximate surface area is 311 Å². The minimum absolute atomic E-state index is 1.13. The van der Waals surface area contributed by atoms with E-state index in [1.807, 2.05) is 23.1 Å². The van der Waals surface area contributed by atoms with Crippen LogP contribution >= 0.6 is 23.1 Å². The van der Waals surface area contributed by atoms with Gasteiger partial charge in [0.25, 0.3) is 0 Å². The van der Waals surface area contributed by atoms with Crippen LogP contribution in [0.5, 0.6) is 0 Å². The molecule has 0 saturated carbocycles. The van der Waals surface area contributed by atoms with E-state index < -0.39 is 0 Å². The number of fused-ring (bicyclic) bond motifs is 7. The SMILES string of the molecule is Cc1c(Sc2ccc(-c3ccc(N(c4ccc5ccccc5c4)c4ccc5sc6ccccc6c5c4)cc3)cc2)c2ccccc2c2ccccc12. The molecule has 246 valence electrons. The second kappa shape index (κ2) is 12.7. The van der Waals surface area contributed by atoms with Gasteiger partial charge in [-0.15, -0.1) is 11.3 Å². The molecule has 1 heterocycles. The molecule has 3 heteroatoms. The highest BCUT2D eigenvalue weighted by Crippen LogP contribution is 2.43. The molecule has 0 fully saturated rings. The molecule has 0 aliphatic rings. The Kier molecular flexibility index (Phi) is 7.56. The predicted octanol–water partition coefficient (Wildman–Crippen LogP) is 15.1. The monoisotopic (exact) mass is 699 g/mol. The third-order valence-electron chi connectivity index (χ3n) is 10.3. The van der Waals surface area contributed by atoms with Gasteiger partial charge in [-0.05, 0) is 117 Å². The molecule has 10 rings (SSSR count). The highest BCUT2D eigenvalue weighted by molar-refractivity contribution is 7.99. The first kappa shape index (κ1) is 30.9. The summed E-state index contributed by atoms with van der Waals surface area (Å²) in [6.45, 7) is 2.26. The van der Waals surface area contributed by atoms with Crippen molar-refractivity contribution in [2.24, 2.45) is 0 Å². The van der Waals surface area contributed by atoms with Crippen LogP contribution in [0, 0.1) is 6.92 Å². The molecule has 1 aromatic heterocycles. The maximum Gasteiger partial charge on any atom is 0.0468 e. The third-order valence-corrected chi connectivity index (χ3v) is 12.7. The van der Waals surface area contributed by atoms with Crippen molar-refractivity contribution in [3.8, 4) is 11.1 Å². The van der Waals surface area contributed by atoms with Crippen molar-refractivity contribution in [2.45, 2.75) is 16.7 Å². The quantitative estimate of drug-likeness (QED) is 0.159. The van der Waals surface area contributed by atoms with Gasteiger partial charge in [-0.2, -0.15) is 0 Å². The first-order valence-electron chi connectivity index (χ1n) is 17.7. The largest absolute Gasteiger partial charge is 0.310 e. The summed E-state index contributed by atoms with van der Waals surface area (Å²) in [6, 6.07) is 66.6. The van der Waals surface area contributed by atoms with Gasteiger partial charge in [0.15, 0.2) is 0 Å². The maximum atomic E-state index is 2.39. The summed E-state index contributed by atoms with van der Waals surface area (Å²) in [5.74, 6) is 0. The van der Waals surface area contributed by atoms with Gasteiger partial charge in [0.2, 0.25) is 0 Å². The molecule has 0 aliphatic heterocycles. The molecular formula is C49H33NS2. The van der Waals surface area contributed by atoms with Gasteiger partial charge in [0.05, 0.1) is 0 Å². The second-order valence-corrected chi connectivity index (χ2v) is 15.5. The maximum absolute atomic E-state index is 2.39. The Morgan fingerprint density at radius 3 is 1.71 bits per heavy atom. The van der Waals surface area contributed by atoms with Crippen LogP contribution in [-0.2, 0) is 0 Å². The molecule has 0 aliphatic carbocycles. The van der Waals surface area contributed by atoms with E-state index in [0.717, 1.165) is 17.1 Å². The van der Waals surface area contributed by atoms with Crippen LogP contribution in [0.1, 0.15) is 5.56 Å². The van der Waals surface area contributed by atoms with Crippen LogP contribution in [0.2, 0.25) is 0 Å². The fourth-order valence-corrected chi connectivity index (χ4v) is 9.81. The van der Waals surface area contributed by atoms with Crippen molar-refractivity contribution in [3.63, 3.8) is 0 Å². The minimum Gasteiger partial charge on any atom is -0.310 e. The zero-order valence-corrected chi connectivity index (χ0v) is 30.2. The van der Waals surface area contributed by atoms with Crippen molar-refractivity contribution in [2.75, 3.05) is 4.90 Å². The Morgan fingerprint density at radius 1 is 0.404 bits per heavy atom. The lowest BCUT2D eigenvalue weighted by Gasteiger charge is -2.26. The fourth-order valence-electron chi connectivity index (χ4n) is 7.67. The van der Waals surface area contributed by atoms with E-state index in [2.05, 4.69) is 194 Å². The van der Waals surface area contributed by atoms with Crippen LogP contribution < -0.4 is 4.90 Å². The van der Waals surface area contributed by atoms with E-state index in [9.17, 15) is 0 Å². The zero-order chi connectivity index (χ0) is 34.6. The summed E-state index contributed by atoms with van der Waals surface area (Å²) in [6.07, 6.45) is 0. The topological polar surface area (TPSA) is 3.24 Å². The summed E-state index contributed by atoms with van der Waals surface area (Å²) in [5, 5.41) is 10.3. The molecule has 1 nitrogen and oxygen atoms in total. The number of thiophene rings is 1. The van der Waals surface area contributed by atoms with Crippen LogP contribution in [0.25, 0.3) is 63.6 Å². The molecule has 52 heavy (non-hydrogen) atoms. The van der Waals surface area contributed by atoms with Crippen LogP contribution in [0.4, 0.5) is 17.1 Å². The van der Waals surface area contributed by atoms with Crippen molar-refractivity contribution < 1.29 is 0 Å². The molecule has 0 bridgehead atoms. The van der Waals surface area contributed by atoms with Gasteiger partial charge in [-0.1, -0.05) is 133 Å². The summed E-state index contributed by atoms with van der Waals surface area (Å²) in [7, 11) is 0. The molecule has 0 unspecified atom stereocenters. The summed E-state index contributed by atoms with van der Waals surface area (Å²) >= 11 is 3.72. The fraction of sp³-hybridized carbons (Fsp3) is 0.0204. The normalized spacial score (nSPS) is 11.6. The van der Waals surface area contributed by atoms with Gasteiger partial charge < -0.3 is 4.90 Å². The third kappa shape index (κ3) is 5.33. The summed E-state index contributed by atoms with van der Waals surface area (Å²) in [5.41, 5.74) is 7.16. The smallest absolute Gasteiger partial charge is 0.0468 e. The summed E-state index contributed by atoms with van der Waals surface area (Å²) < 4.78 is 2.63. The van der Waals surface area contributed by atoms with E-state index in [4.69, 9.17) is 0 Å². The van der Waals surface area contributed by atoms with E-state index in [1.54, 1.807) is 0 Å². The Hall–Kier alpha value is -5.87. The molecule has 0 atom stereocenters. The van der Waals surface area contributed by atoms with E-state index in [-0.39, 0.29) is 0 Å². The number of nitrogens with zero attached hydrogens (tertiary/aromatic N) is 1. The lowest BCUT2D eigenvalue weighted by Crippen LogP contribution is -2.09. The van der Waals surface area contributed by atoms with Crippen LogP contribution in [0.3, 0.4) is 0 Å². The summed E-state index contributed by atoms with van der Waals surface area (Å²) in [4.78, 5) is 4.95. The first-order chi connectivity index (χ1) is 25.7. The molecule has 0 spiro atoms. The van der Waals surface area contributed by atoms with Crippen LogP contribution in [0.15, 0.2) is 192 Å². The van der Waals surface area contributed by atoms with Gasteiger partial charge in [-0.3, -0.25) is 0 Å². The Balaban J connectivity index is 1.00. The predicted molar refractivity (Wildman–Crippen MR) is 227 cm³/mol. The number of aryl methyl sites for hydroxylation is 1. The number of hydrogen-bond donors (Lipinski definition) is 0. The van der Waals surface area contributed by atoms with Gasteiger partial charge in [0.1, 0.15) is 0 Å². The second-order valence-electron chi connectivity index (χ2n) is 13.4. The molecule has 0 saturated heterocycles. The Bertz CT molecular complexity index is 2940. The molecule has 9 aromatic carbocycles.